The maximum Gasteiger partial charge on any atom is 0.326 e. The Balaban J connectivity index is 2.65. The number of primary amides is 1. The van der Waals surface area contributed by atoms with Crippen LogP contribution in [0.3, 0.4) is 0 Å². The van der Waals surface area contributed by atoms with E-state index < -0.39 is 30.4 Å². The van der Waals surface area contributed by atoms with Gasteiger partial charge in [-0.25, -0.2) is 9.59 Å². The molecule has 0 radical (unpaired) electrons. The summed E-state index contributed by atoms with van der Waals surface area (Å²) >= 11 is 0. The van der Waals surface area contributed by atoms with Gasteiger partial charge in [-0.15, -0.1) is 0 Å². The fourth-order valence-electron chi connectivity index (χ4n) is 1.60. The fraction of sp³-hybridized carbons (Fsp3) is 0.308. The molecule has 0 saturated heterocycles. The van der Waals surface area contributed by atoms with Gasteiger partial charge in [0.2, 0.25) is 5.91 Å². The molecule has 0 bridgehead atoms. The zero-order chi connectivity index (χ0) is 15.1. The van der Waals surface area contributed by atoms with E-state index >= 15 is 0 Å². The van der Waals surface area contributed by atoms with Crippen molar-refractivity contribution in [3.05, 3.63) is 29.8 Å². The van der Waals surface area contributed by atoms with Crippen LogP contribution in [0.2, 0.25) is 0 Å². The third-order valence-electron chi connectivity index (χ3n) is 2.60. The lowest BCUT2D eigenvalue weighted by Crippen LogP contribution is -2.45. The quantitative estimate of drug-likeness (QED) is 0.612. The highest BCUT2D eigenvalue weighted by Crippen LogP contribution is 2.10. The molecular formula is C13H17N3O4. The molecule has 0 spiro atoms. The molecule has 0 aliphatic rings. The van der Waals surface area contributed by atoms with Crippen LogP contribution >= 0.6 is 0 Å². The second-order valence-corrected chi connectivity index (χ2v) is 4.21. The van der Waals surface area contributed by atoms with Crippen LogP contribution in [0.4, 0.5) is 10.5 Å². The normalized spacial score (nSPS) is 11.4. The van der Waals surface area contributed by atoms with Gasteiger partial charge < -0.3 is 21.5 Å². The van der Waals surface area contributed by atoms with Crippen molar-refractivity contribution in [2.24, 2.45) is 5.73 Å². The number of carbonyl (C=O) groups is 3. The van der Waals surface area contributed by atoms with Gasteiger partial charge in [0.05, 0.1) is 6.42 Å². The predicted molar refractivity (Wildman–Crippen MR) is 73.2 cm³/mol. The van der Waals surface area contributed by atoms with Crippen LogP contribution in [0.25, 0.3) is 0 Å². The lowest BCUT2D eigenvalue weighted by atomic mass is 10.1. The number of nitrogens with two attached hydrogens (primary N) is 1. The Kier molecular flexibility index (Phi) is 5.52. The summed E-state index contributed by atoms with van der Waals surface area (Å²) in [4.78, 5) is 33.3. The largest absolute Gasteiger partial charge is 0.480 e. The summed E-state index contributed by atoms with van der Waals surface area (Å²) in [5.41, 5.74) is 6.51. The lowest BCUT2D eigenvalue weighted by Gasteiger charge is -2.14. The average molecular weight is 279 g/mol. The SMILES string of the molecule is CCc1cccc(NC(=O)N[C@@H](CC(N)=O)C(=O)O)c1. The number of hydrogen-bond acceptors (Lipinski definition) is 3. The van der Waals surface area contributed by atoms with E-state index in [2.05, 4.69) is 10.6 Å². The zero-order valence-electron chi connectivity index (χ0n) is 11.1. The third-order valence-corrected chi connectivity index (χ3v) is 2.60. The van der Waals surface area contributed by atoms with Crippen LogP contribution in [0.15, 0.2) is 24.3 Å². The van der Waals surface area contributed by atoms with E-state index in [9.17, 15) is 14.4 Å². The van der Waals surface area contributed by atoms with Crippen molar-refractivity contribution in [1.29, 1.82) is 0 Å². The topological polar surface area (TPSA) is 122 Å². The highest BCUT2D eigenvalue weighted by atomic mass is 16.4. The number of aliphatic carboxylic acids is 1. The van der Waals surface area contributed by atoms with Crippen molar-refractivity contribution >= 4 is 23.6 Å². The monoisotopic (exact) mass is 279 g/mol. The second-order valence-electron chi connectivity index (χ2n) is 4.21. The number of benzene rings is 1. The van der Waals surface area contributed by atoms with Gasteiger partial charge in [0.1, 0.15) is 6.04 Å². The summed E-state index contributed by atoms with van der Waals surface area (Å²) in [6, 6.07) is 5.11. The van der Waals surface area contributed by atoms with E-state index in [1.807, 2.05) is 13.0 Å². The first kappa shape index (κ1) is 15.5. The molecule has 0 fully saturated rings. The Morgan fingerprint density at radius 3 is 2.60 bits per heavy atom. The smallest absolute Gasteiger partial charge is 0.326 e. The Bertz CT molecular complexity index is 516. The molecule has 0 aliphatic carbocycles. The summed E-state index contributed by atoms with van der Waals surface area (Å²) < 4.78 is 0. The van der Waals surface area contributed by atoms with Crippen molar-refractivity contribution in [2.75, 3.05) is 5.32 Å². The lowest BCUT2D eigenvalue weighted by molar-refractivity contribution is -0.140. The summed E-state index contributed by atoms with van der Waals surface area (Å²) in [7, 11) is 0. The van der Waals surface area contributed by atoms with E-state index in [4.69, 9.17) is 10.8 Å². The van der Waals surface area contributed by atoms with Crippen molar-refractivity contribution in [3.63, 3.8) is 0 Å². The van der Waals surface area contributed by atoms with Gasteiger partial charge in [0, 0.05) is 5.69 Å². The van der Waals surface area contributed by atoms with E-state index in [0.29, 0.717) is 5.69 Å². The molecule has 0 saturated carbocycles. The summed E-state index contributed by atoms with van der Waals surface area (Å²) in [5, 5.41) is 13.6. The molecule has 0 aliphatic heterocycles. The zero-order valence-corrected chi connectivity index (χ0v) is 11.1. The summed E-state index contributed by atoms with van der Waals surface area (Å²) in [5.74, 6) is -2.12. The molecule has 0 aromatic heterocycles. The molecule has 1 aromatic carbocycles. The molecule has 0 unspecified atom stereocenters. The molecular weight excluding hydrogens is 262 g/mol. The van der Waals surface area contributed by atoms with Gasteiger partial charge in [-0.05, 0) is 24.1 Å². The van der Waals surface area contributed by atoms with E-state index in [0.717, 1.165) is 12.0 Å². The standard InChI is InChI=1S/C13H17N3O4/c1-2-8-4-3-5-9(6-8)15-13(20)16-10(12(18)19)7-11(14)17/h3-6,10H,2,7H2,1H3,(H2,14,17)(H,18,19)(H2,15,16,20)/t10-/m0/s1. The third kappa shape index (κ3) is 4.97. The number of nitrogens with one attached hydrogen (secondary N) is 2. The van der Waals surface area contributed by atoms with Crippen LogP contribution < -0.4 is 16.4 Å². The Morgan fingerprint density at radius 1 is 1.35 bits per heavy atom. The van der Waals surface area contributed by atoms with Crippen LogP contribution in [-0.2, 0) is 16.0 Å². The predicted octanol–water partition coefficient (Wildman–Crippen LogP) is 0.699. The van der Waals surface area contributed by atoms with E-state index in [-0.39, 0.29) is 0 Å². The number of carboxylic acid groups (broad SMARTS) is 1. The molecule has 1 rings (SSSR count). The first-order valence-electron chi connectivity index (χ1n) is 6.10. The number of aryl methyl sites for hydroxylation is 1. The maximum atomic E-state index is 11.7. The second kappa shape index (κ2) is 7.13. The minimum atomic E-state index is -1.35. The number of rotatable bonds is 6. The molecule has 3 amide bonds. The van der Waals surface area contributed by atoms with Crippen molar-refractivity contribution in [2.45, 2.75) is 25.8 Å². The molecule has 0 heterocycles. The minimum absolute atomic E-state index is 0.461. The first-order valence-corrected chi connectivity index (χ1v) is 6.10. The van der Waals surface area contributed by atoms with Gasteiger partial charge >= 0.3 is 12.0 Å². The van der Waals surface area contributed by atoms with Crippen LogP contribution in [0.5, 0.6) is 0 Å². The number of carbonyl (C=O) groups excluding carboxylic acids is 2. The number of amides is 3. The Morgan fingerprint density at radius 2 is 2.05 bits per heavy atom. The number of hydrogen-bond donors (Lipinski definition) is 4. The maximum absolute atomic E-state index is 11.7. The molecule has 1 aromatic rings. The molecule has 5 N–H and O–H groups in total. The summed E-state index contributed by atoms with van der Waals surface area (Å²) in [6.07, 6.45) is 0.355. The average Bonchev–Trinajstić information content (AvgIpc) is 2.37. The molecule has 20 heavy (non-hydrogen) atoms. The first-order chi connectivity index (χ1) is 9.42. The van der Waals surface area contributed by atoms with Crippen molar-refractivity contribution < 1.29 is 19.5 Å². The molecule has 1 atom stereocenters. The van der Waals surface area contributed by atoms with E-state index in [1.165, 1.54) is 0 Å². The molecule has 7 heteroatoms. The fourth-order valence-corrected chi connectivity index (χ4v) is 1.60. The highest BCUT2D eigenvalue weighted by Gasteiger charge is 2.22. The Labute approximate surface area is 116 Å². The Hall–Kier alpha value is -2.57. The molecule has 7 nitrogen and oxygen atoms in total. The van der Waals surface area contributed by atoms with Gasteiger partial charge in [-0.1, -0.05) is 19.1 Å². The van der Waals surface area contributed by atoms with E-state index in [1.54, 1.807) is 18.2 Å². The van der Waals surface area contributed by atoms with Gasteiger partial charge in [0.15, 0.2) is 0 Å². The summed E-state index contributed by atoms with van der Waals surface area (Å²) in [6.45, 7) is 1.98. The van der Waals surface area contributed by atoms with Gasteiger partial charge in [-0.2, -0.15) is 0 Å². The van der Waals surface area contributed by atoms with Crippen molar-refractivity contribution in [3.8, 4) is 0 Å². The molecule has 108 valence electrons. The van der Waals surface area contributed by atoms with Crippen LogP contribution in [-0.4, -0.2) is 29.1 Å². The van der Waals surface area contributed by atoms with Crippen LogP contribution in [0, 0.1) is 0 Å². The minimum Gasteiger partial charge on any atom is -0.480 e. The van der Waals surface area contributed by atoms with Crippen LogP contribution in [0.1, 0.15) is 18.9 Å². The van der Waals surface area contributed by atoms with Gasteiger partial charge in [0.25, 0.3) is 0 Å². The number of carboxylic acids is 1. The number of urea groups is 1. The van der Waals surface area contributed by atoms with Crippen molar-refractivity contribution in [1.82, 2.24) is 5.32 Å². The number of anilines is 1. The van der Waals surface area contributed by atoms with Gasteiger partial charge in [-0.3, -0.25) is 4.79 Å². The highest BCUT2D eigenvalue weighted by molar-refractivity contribution is 5.93.